The first-order valence-electron chi connectivity index (χ1n) is 12.2. The smallest absolute Gasteiger partial charge is 0.416 e. The van der Waals surface area contributed by atoms with E-state index in [-0.39, 0.29) is 28.9 Å². The average Bonchev–Trinajstić information content (AvgIpc) is 2.96. The van der Waals surface area contributed by atoms with Gasteiger partial charge in [0.25, 0.3) is 5.56 Å². The van der Waals surface area contributed by atoms with Crippen molar-refractivity contribution in [1.82, 2.24) is 9.66 Å². The van der Waals surface area contributed by atoms with Crippen LogP contribution in [0, 0.1) is 0 Å². The molecular formula is C30H18Br2F3N3O4. The first kappa shape index (κ1) is 29.2. The highest BCUT2D eigenvalue weighted by Crippen LogP contribution is 2.35. The van der Waals surface area contributed by atoms with Crippen LogP contribution in [-0.2, 0) is 12.8 Å². The Morgan fingerprint density at radius 1 is 0.976 bits per heavy atom. The van der Waals surface area contributed by atoms with E-state index in [1.807, 2.05) is 0 Å². The number of hydrogen-bond donors (Lipinski definition) is 1. The Morgan fingerprint density at radius 3 is 2.33 bits per heavy atom. The number of nitrogens with zero attached hydrogens (tertiary/aromatic N) is 3. The van der Waals surface area contributed by atoms with E-state index in [1.54, 1.807) is 48.5 Å². The first-order chi connectivity index (χ1) is 20.0. The van der Waals surface area contributed by atoms with Crippen molar-refractivity contribution < 1.29 is 27.8 Å². The summed E-state index contributed by atoms with van der Waals surface area (Å²) in [6.45, 7) is 0.170. The molecule has 212 valence electrons. The Bertz CT molecular complexity index is 1880. The summed E-state index contributed by atoms with van der Waals surface area (Å²) in [6, 6.07) is 20.8. The number of carboxylic acids is 1. The number of carbonyl (C=O) groups is 1. The van der Waals surface area contributed by atoms with Gasteiger partial charge >= 0.3 is 12.1 Å². The third-order valence-corrected chi connectivity index (χ3v) is 7.31. The third-order valence-electron chi connectivity index (χ3n) is 6.13. The lowest BCUT2D eigenvalue weighted by molar-refractivity contribution is -0.137. The van der Waals surface area contributed by atoms with E-state index in [1.165, 1.54) is 30.5 Å². The Balaban J connectivity index is 1.49. The number of carboxylic acid groups (broad SMARTS) is 1. The van der Waals surface area contributed by atoms with Crippen LogP contribution < -0.4 is 10.3 Å². The molecule has 0 atom stereocenters. The fourth-order valence-corrected chi connectivity index (χ4v) is 5.52. The minimum absolute atomic E-state index is 0.0481. The van der Waals surface area contributed by atoms with E-state index in [4.69, 9.17) is 9.84 Å². The SMILES string of the molecule is O=C(O)c1ccc(COc2c(Br)cc(C=Nn3c(-c4cccc(C(F)(F)F)c4)nc4ccccc4c3=O)cc2Br)cc1. The van der Waals surface area contributed by atoms with Crippen LogP contribution in [0.15, 0.2) is 104 Å². The first-order valence-corrected chi connectivity index (χ1v) is 13.8. The Hall–Kier alpha value is -4.29. The number of halogens is 5. The molecule has 0 aliphatic rings. The molecule has 0 saturated carbocycles. The van der Waals surface area contributed by atoms with Gasteiger partial charge in [-0.2, -0.15) is 22.9 Å². The number of hydrogen-bond acceptors (Lipinski definition) is 5. The zero-order valence-corrected chi connectivity index (χ0v) is 24.4. The van der Waals surface area contributed by atoms with Crippen molar-refractivity contribution in [2.75, 3.05) is 0 Å². The highest BCUT2D eigenvalue weighted by molar-refractivity contribution is 9.11. The van der Waals surface area contributed by atoms with Crippen molar-refractivity contribution >= 4 is 54.9 Å². The van der Waals surface area contributed by atoms with Crippen molar-refractivity contribution in [2.24, 2.45) is 5.10 Å². The summed E-state index contributed by atoms with van der Waals surface area (Å²) in [4.78, 5) is 28.9. The summed E-state index contributed by atoms with van der Waals surface area (Å²) >= 11 is 6.94. The van der Waals surface area contributed by atoms with E-state index in [0.29, 0.717) is 25.8 Å². The monoisotopic (exact) mass is 699 g/mol. The molecule has 1 aromatic heterocycles. The van der Waals surface area contributed by atoms with Gasteiger partial charge in [0.15, 0.2) is 5.82 Å². The second-order valence-electron chi connectivity index (χ2n) is 9.00. The van der Waals surface area contributed by atoms with E-state index in [9.17, 15) is 22.8 Å². The largest absolute Gasteiger partial charge is 0.487 e. The lowest BCUT2D eigenvalue weighted by Crippen LogP contribution is -2.20. The minimum atomic E-state index is -4.58. The van der Waals surface area contributed by atoms with Gasteiger partial charge in [-0.3, -0.25) is 4.79 Å². The molecular weight excluding hydrogens is 683 g/mol. The van der Waals surface area contributed by atoms with Crippen molar-refractivity contribution in [3.8, 4) is 17.1 Å². The standard InChI is InChI=1S/C30H18Br2F3N3O4/c31-23-12-18(13-24(32)26(23)42-16-17-8-10-19(11-9-17)29(40)41)15-36-38-27(20-4-3-5-21(14-20)30(33,34)35)37-25-7-2-1-6-22(25)28(38)39/h1-15H,16H2,(H,40,41). The highest BCUT2D eigenvalue weighted by Gasteiger charge is 2.31. The van der Waals surface area contributed by atoms with Gasteiger partial charge in [-0.25, -0.2) is 9.78 Å². The molecule has 0 bridgehead atoms. The maximum Gasteiger partial charge on any atom is 0.416 e. The number of rotatable bonds is 7. The lowest BCUT2D eigenvalue weighted by Gasteiger charge is -2.13. The summed E-state index contributed by atoms with van der Waals surface area (Å²) in [6.07, 6.45) is -3.19. The molecule has 5 aromatic rings. The number of aromatic nitrogens is 2. The molecule has 5 rings (SSSR count). The molecule has 1 N–H and O–H groups in total. The molecule has 1 heterocycles. The minimum Gasteiger partial charge on any atom is -0.487 e. The molecule has 0 aliphatic carbocycles. The van der Waals surface area contributed by atoms with Gasteiger partial charge in [0.05, 0.1) is 37.2 Å². The fourth-order valence-electron chi connectivity index (χ4n) is 4.07. The molecule has 42 heavy (non-hydrogen) atoms. The maximum absolute atomic E-state index is 13.4. The van der Waals surface area contributed by atoms with Crippen LogP contribution in [-0.4, -0.2) is 27.0 Å². The molecule has 12 heteroatoms. The predicted molar refractivity (Wildman–Crippen MR) is 159 cm³/mol. The molecule has 0 unspecified atom stereocenters. The van der Waals surface area contributed by atoms with Crippen LogP contribution in [0.5, 0.6) is 5.75 Å². The zero-order valence-electron chi connectivity index (χ0n) is 21.3. The molecule has 0 saturated heterocycles. The van der Waals surface area contributed by atoms with Crippen LogP contribution in [0.3, 0.4) is 0 Å². The van der Waals surface area contributed by atoms with Gasteiger partial charge in [0, 0.05) is 5.56 Å². The van der Waals surface area contributed by atoms with E-state index in [0.717, 1.165) is 22.4 Å². The van der Waals surface area contributed by atoms with Gasteiger partial charge in [-0.1, -0.05) is 36.4 Å². The van der Waals surface area contributed by atoms with Crippen LogP contribution in [0.1, 0.15) is 27.0 Å². The summed E-state index contributed by atoms with van der Waals surface area (Å²) in [5.74, 6) is -0.592. The normalized spacial score (nSPS) is 11.7. The van der Waals surface area contributed by atoms with Crippen LogP contribution >= 0.6 is 31.9 Å². The fraction of sp³-hybridized carbons (Fsp3) is 0.0667. The van der Waals surface area contributed by atoms with Crippen LogP contribution in [0.2, 0.25) is 0 Å². The molecule has 0 radical (unpaired) electrons. The van der Waals surface area contributed by atoms with Gasteiger partial charge in [0.2, 0.25) is 0 Å². The van der Waals surface area contributed by atoms with Gasteiger partial charge in [-0.05, 0) is 91.5 Å². The lowest BCUT2D eigenvalue weighted by atomic mass is 10.1. The molecule has 4 aromatic carbocycles. The Kier molecular flexibility index (Phi) is 8.28. The van der Waals surface area contributed by atoms with Crippen LogP contribution in [0.4, 0.5) is 13.2 Å². The summed E-state index contributed by atoms with van der Waals surface area (Å²) < 4.78 is 48.3. The predicted octanol–water partition coefficient (Wildman–Crippen LogP) is 7.77. The maximum atomic E-state index is 13.4. The van der Waals surface area contributed by atoms with E-state index >= 15 is 0 Å². The van der Waals surface area contributed by atoms with Gasteiger partial charge in [-0.15, -0.1) is 0 Å². The molecule has 0 aliphatic heterocycles. The number of ether oxygens (including phenoxy) is 1. The number of alkyl halides is 3. The molecule has 0 amide bonds. The van der Waals surface area contributed by atoms with E-state index < -0.39 is 23.3 Å². The zero-order chi connectivity index (χ0) is 30.0. The van der Waals surface area contributed by atoms with Gasteiger partial charge < -0.3 is 9.84 Å². The Labute approximate surface area is 253 Å². The number of para-hydroxylation sites is 1. The molecule has 7 nitrogen and oxygen atoms in total. The quantitative estimate of drug-likeness (QED) is 0.175. The summed E-state index contributed by atoms with van der Waals surface area (Å²) in [7, 11) is 0. The van der Waals surface area contributed by atoms with Crippen LogP contribution in [0.25, 0.3) is 22.3 Å². The average molecular weight is 701 g/mol. The second kappa shape index (κ2) is 11.9. The number of fused-ring (bicyclic) bond motifs is 1. The summed E-state index contributed by atoms with van der Waals surface area (Å²) in [5.41, 5.74) is 0.451. The topological polar surface area (TPSA) is 93.8 Å². The van der Waals surface area contributed by atoms with Crippen molar-refractivity contribution in [1.29, 1.82) is 0 Å². The van der Waals surface area contributed by atoms with Crippen molar-refractivity contribution in [2.45, 2.75) is 12.8 Å². The van der Waals surface area contributed by atoms with Gasteiger partial charge in [0.1, 0.15) is 12.4 Å². The Morgan fingerprint density at radius 2 is 1.67 bits per heavy atom. The highest BCUT2D eigenvalue weighted by atomic mass is 79.9. The summed E-state index contributed by atoms with van der Waals surface area (Å²) in [5, 5.41) is 13.6. The van der Waals surface area contributed by atoms with Crippen molar-refractivity contribution in [3.05, 3.63) is 126 Å². The third kappa shape index (κ3) is 6.29. The molecule has 0 fully saturated rings. The number of aromatic carboxylic acids is 1. The van der Waals surface area contributed by atoms with Crippen molar-refractivity contribution in [3.63, 3.8) is 0 Å². The van der Waals surface area contributed by atoms with E-state index in [2.05, 4.69) is 41.9 Å². The molecule has 0 spiro atoms. The number of benzene rings is 4. The second-order valence-corrected chi connectivity index (χ2v) is 10.7.